The molecule has 0 radical (unpaired) electrons. The highest BCUT2D eigenvalue weighted by Gasteiger charge is 2.35. The van der Waals surface area contributed by atoms with Gasteiger partial charge in [-0.3, -0.25) is 0 Å². The van der Waals surface area contributed by atoms with E-state index >= 15 is 0 Å². The van der Waals surface area contributed by atoms with Crippen LogP contribution in [0.15, 0.2) is 176 Å². The molecule has 1 nitrogen and oxygen atoms in total. The second-order valence-corrected chi connectivity index (χ2v) is 13.4. The maximum Gasteiger partial charge on any atom is 0.0540 e. The SMILES string of the molecule is CC1(C)c2ccccc2-c2cc3ccc4c(N(c5ccc(-c6ccccc6)cc5)c5cccc(-c6ccccc6)c5)cccc4c3cc21. The highest BCUT2D eigenvalue weighted by atomic mass is 15.1. The lowest BCUT2D eigenvalue weighted by molar-refractivity contribution is 0.661. The van der Waals surface area contributed by atoms with Crippen molar-refractivity contribution in [2.75, 3.05) is 4.90 Å². The number of anilines is 3. The lowest BCUT2D eigenvalue weighted by atomic mass is 9.81. The minimum atomic E-state index is -0.0513. The van der Waals surface area contributed by atoms with Crippen LogP contribution >= 0.6 is 0 Å². The molecule has 1 aliphatic carbocycles. The summed E-state index contributed by atoms with van der Waals surface area (Å²) < 4.78 is 0. The second-order valence-electron chi connectivity index (χ2n) is 13.4. The molecule has 0 saturated heterocycles. The molecule has 9 rings (SSSR count). The zero-order chi connectivity index (χ0) is 32.2. The summed E-state index contributed by atoms with van der Waals surface area (Å²) in [6, 6.07) is 64.3. The monoisotopic (exact) mass is 613 g/mol. The molecule has 0 aromatic heterocycles. The molecule has 0 unspecified atom stereocenters. The Morgan fingerprint density at radius 3 is 1.79 bits per heavy atom. The third kappa shape index (κ3) is 4.54. The van der Waals surface area contributed by atoms with E-state index in [2.05, 4.69) is 195 Å². The van der Waals surface area contributed by atoms with Gasteiger partial charge in [0.05, 0.1) is 5.69 Å². The Kier molecular flexibility index (Phi) is 6.55. The van der Waals surface area contributed by atoms with Crippen LogP contribution in [0.2, 0.25) is 0 Å². The van der Waals surface area contributed by atoms with Crippen LogP contribution < -0.4 is 4.90 Å². The highest BCUT2D eigenvalue weighted by molar-refractivity contribution is 6.14. The first-order valence-corrected chi connectivity index (χ1v) is 16.8. The summed E-state index contributed by atoms with van der Waals surface area (Å²) in [5.41, 5.74) is 13.7. The number of benzene rings is 8. The van der Waals surface area contributed by atoms with Crippen molar-refractivity contribution in [1.82, 2.24) is 0 Å². The fourth-order valence-electron chi connectivity index (χ4n) is 7.78. The predicted molar refractivity (Wildman–Crippen MR) is 205 cm³/mol. The third-order valence-corrected chi connectivity index (χ3v) is 10.2. The van der Waals surface area contributed by atoms with Crippen LogP contribution in [-0.2, 0) is 5.41 Å². The van der Waals surface area contributed by atoms with Crippen molar-refractivity contribution in [3.63, 3.8) is 0 Å². The molecular weight excluding hydrogens is 579 g/mol. The molecule has 48 heavy (non-hydrogen) atoms. The third-order valence-electron chi connectivity index (χ3n) is 10.2. The molecule has 0 saturated carbocycles. The molecule has 0 bridgehead atoms. The summed E-state index contributed by atoms with van der Waals surface area (Å²) in [4.78, 5) is 2.42. The van der Waals surface area contributed by atoms with E-state index < -0.39 is 0 Å². The molecule has 0 spiro atoms. The van der Waals surface area contributed by atoms with Crippen LogP contribution in [0.3, 0.4) is 0 Å². The highest BCUT2D eigenvalue weighted by Crippen LogP contribution is 2.51. The van der Waals surface area contributed by atoms with E-state index in [1.54, 1.807) is 0 Å². The van der Waals surface area contributed by atoms with Gasteiger partial charge in [0, 0.05) is 22.2 Å². The van der Waals surface area contributed by atoms with Gasteiger partial charge in [-0.05, 0) is 103 Å². The molecule has 8 aromatic rings. The second kappa shape index (κ2) is 11.1. The Balaban J connectivity index is 1.25. The first-order valence-electron chi connectivity index (χ1n) is 16.8. The molecule has 1 aliphatic rings. The van der Waals surface area contributed by atoms with Crippen LogP contribution in [0, 0.1) is 0 Å². The molecule has 0 amide bonds. The van der Waals surface area contributed by atoms with E-state index in [9.17, 15) is 0 Å². The van der Waals surface area contributed by atoms with Crippen molar-refractivity contribution in [1.29, 1.82) is 0 Å². The molecule has 228 valence electrons. The molecule has 0 aliphatic heterocycles. The molecule has 0 heterocycles. The Morgan fingerprint density at radius 1 is 0.375 bits per heavy atom. The zero-order valence-corrected chi connectivity index (χ0v) is 27.2. The zero-order valence-electron chi connectivity index (χ0n) is 27.2. The first kappa shape index (κ1) is 28.3. The van der Waals surface area contributed by atoms with Crippen LogP contribution in [0.25, 0.3) is 54.9 Å². The minimum absolute atomic E-state index is 0.0513. The maximum atomic E-state index is 2.46. The van der Waals surface area contributed by atoms with Crippen molar-refractivity contribution >= 4 is 38.6 Å². The summed E-state index contributed by atoms with van der Waals surface area (Å²) in [7, 11) is 0. The van der Waals surface area contributed by atoms with Gasteiger partial charge in [-0.25, -0.2) is 0 Å². The van der Waals surface area contributed by atoms with Gasteiger partial charge in [0.2, 0.25) is 0 Å². The summed E-state index contributed by atoms with van der Waals surface area (Å²) in [6.45, 7) is 4.72. The Bertz CT molecular complexity index is 2460. The standard InChI is InChI=1S/C47H35N/c1-47(2)44-21-10-9-19-40(44)43-30-36-25-28-41-39(42(36)31-45(43)47)20-12-22-46(41)48(37-26-23-34(24-27-37)32-13-5-3-6-14-32)38-18-11-17-35(29-38)33-15-7-4-8-16-33/h3-31H,1-2H3. The van der Waals surface area contributed by atoms with Gasteiger partial charge < -0.3 is 4.90 Å². The summed E-state index contributed by atoms with van der Waals surface area (Å²) >= 11 is 0. The van der Waals surface area contributed by atoms with Gasteiger partial charge in [-0.15, -0.1) is 0 Å². The Labute approximate surface area is 282 Å². The van der Waals surface area contributed by atoms with E-state index in [1.165, 1.54) is 66.1 Å². The van der Waals surface area contributed by atoms with Crippen molar-refractivity contribution in [2.45, 2.75) is 19.3 Å². The number of nitrogens with zero attached hydrogens (tertiary/aromatic N) is 1. The maximum absolute atomic E-state index is 2.46. The topological polar surface area (TPSA) is 3.24 Å². The van der Waals surface area contributed by atoms with E-state index in [0.29, 0.717) is 0 Å². The van der Waals surface area contributed by atoms with E-state index in [0.717, 1.165) is 17.1 Å². The van der Waals surface area contributed by atoms with Crippen molar-refractivity contribution in [2.24, 2.45) is 0 Å². The minimum Gasteiger partial charge on any atom is -0.310 e. The number of hydrogen-bond donors (Lipinski definition) is 0. The van der Waals surface area contributed by atoms with Crippen LogP contribution in [0.4, 0.5) is 17.1 Å². The smallest absolute Gasteiger partial charge is 0.0540 e. The molecular formula is C47H35N. The molecule has 8 aromatic carbocycles. The molecule has 0 fully saturated rings. The van der Waals surface area contributed by atoms with Gasteiger partial charge in [0.25, 0.3) is 0 Å². The Hall–Kier alpha value is -5.92. The number of hydrogen-bond acceptors (Lipinski definition) is 1. The van der Waals surface area contributed by atoms with Crippen LogP contribution in [0.5, 0.6) is 0 Å². The average Bonchev–Trinajstić information content (AvgIpc) is 3.37. The number of rotatable bonds is 5. The fourth-order valence-corrected chi connectivity index (χ4v) is 7.78. The molecule has 0 atom stereocenters. The lowest BCUT2D eigenvalue weighted by Crippen LogP contribution is -2.14. The van der Waals surface area contributed by atoms with Gasteiger partial charge in [0.15, 0.2) is 0 Å². The summed E-state index contributed by atoms with van der Waals surface area (Å²) in [6.07, 6.45) is 0. The fraction of sp³-hybridized carbons (Fsp3) is 0.0638. The molecule has 0 N–H and O–H groups in total. The van der Waals surface area contributed by atoms with Crippen molar-refractivity contribution < 1.29 is 0 Å². The molecule has 1 heteroatoms. The van der Waals surface area contributed by atoms with E-state index in [4.69, 9.17) is 0 Å². The number of fused-ring (bicyclic) bond motifs is 6. The quantitative estimate of drug-likeness (QED) is 0.175. The Morgan fingerprint density at radius 2 is 1.02 bits per heavy atom. The van der Waals surface area contributed by atoms with Crippen molar-refractivity contribution in [3.05, 3.63) is 187 Å². The van der Waals surface area contributed by atoms with E-state index in [-0.39, 0.29) is 5.41 Å². The average molecular weight is 614 g/mol. The van der Waals surface area contributed by atoms with Crippen molar-refractivity contribution in [3.8, 4) is 33.4 Å². The van der Waals surface area contributed by atoms with Gasteiger partial charge >= 0.3 is 0 Å². The van der Waals surface area contributed by atoms with Gasteiger partial charge in [-0.2, -0.15) is 0 Å². The predicted octanol–water partition coefficient (Wildman–Crippen LogP) is 13.1. The van der Waals surface area contributed by atoms with E-state index in [1.807, 2.05) is 0 Å². The van der Waals surface area contributed by atoms with Crippen LogP contribution in [0.1, 0.15) is 25.0 Å². The first-order chi connectivity index (χ1) is 23.6. The van der Waals surface area contributed by atoms with Gasteiger partial charge in [-0.1, -0.05) is 147 Å². The normalized spacial score (nSPS) is 13.0. The van der Waals surface area contributed by atoms with Crippen LogP contribution in [-0.4, -0.2) is 0 Å². The lowest BCUT2D eigenvalue weighted by Gasteiger charge is -2.28. The summed E-state index contributed by atoms with van der Waals surface area (Å²) in [5, 5.41) is 5.07. The van der Waals surface area contributed by atoms with Gasteiger partial charge in [0.1, 0.15) is 0 Å². The largest absolute Gasteiger partial charge is 0.310 e. The summed E-state index contributed by atoms with van der Waals surface area (Å²) in [5.74, 6) is 0.